The van der Waals surface area contributed by atoms with Crippen molar-refractivity contribution in [1.82, 2.24) is 0 Å². The highest BCUT2D eigenvalue weighted by atomic mass is 16.6. The van der Waals surface area contributed by atoms with Crippen molar-refractivity contribution in [3.8, 4) is 0 Å². The second kappa shape index (κ2) is 6.31. The molecule has 0 atom stereocenters. The van der Waals surface area contributed by atoms with Gasteiger partial charge in [-0.15, -0.1) is 0 Å². The van der Waals surface area contributed by atoms with Crippen LogP contribution in [0.15, 0.2) is 60.8 Å². The Balaban J connectivity index is 2.25. The Morgan fingerprint density at radius 1 is 0.789 bits per heavy atom. The van der Waals surface area contributed by atoms with Crippen molar-refractivity contribution in [3.05, 3.63) is 87.6 Å². The van der Waals surface area contributed by atoms with Gasteiger partial charge in [-0.1, -0.05) is 66.7 Å². The van der Waals surface area contributed by atoms with Crippen LogP contribution in [-0.4, -0.2) is 4.92 Å². The lowest BCUT2D eigenvalue weighted by atomic mass is 10.1. The van der Waals surface area contributed by atoms with Gasteiger partial charge in [0.05, 0.1) is 4.92 Å². The van der Waals surface area contributed by atoms with E-state index in [1.807, 2.05) is 66.7 Å². The fraction of sp³-hybridized carbons (Fsp3) is 0. The summed E-state index contributed by atoms with van der Waals surface area (Å²) in [7, 11) is 0. The van der Waals surface area contributed by atoms with Gasteiger partial charge < -0.3 is 0 Å². The molecule has 3 nitrogen and oxygen atoms in total. The van der Waals surface area contributed by atoms with Crippen LogP contribution >= 0.6 is 0 Å². The first-order chi connectivity index (χ1) is 9.25. The Hall–Kier alpha value is -2.68. The van der Waals surface area contributed by atoms with E-state index in [1.165, 1.54) is 6.08 Å². The summed E-state index contributed by atoms with van der Waals surface area (Å²) in [5, 5.41) is 10.4. The van der Waals surface area contributed by atoms with Gasteiger partial charge in [0.25, 0.3) is 0 Å². The fourth-order valence-electron chi connectivity index (χ4n) is 1.71. The highest BCUT2D eigenvalue weighted by molar-refractivity contribution is 5.74. The van der Waals surface area contributed by atoms with E-state index in [0.717, 1.165) is 22.9 Å². The molecule has 0 radical (unpaired) electrons. The summed E-state index contributed by atoms with van der Waals surface area (Å²) in [6, 6.07) is 17.5. The molecule has 0 bridgehead atoms. The molecule has 0 fully saturated rings. The second-order valence-corrected chi connectivity index (χ2v) is 3.97. The summed E-state index contributed by atoms with van der Waals surface area (Å²) in [6.07, 6.45) is 6.40. The predicted octanol–water partition coefficient (Wildman–Crippen LogP) is 4.10. The molecule has 0 saturated heterocycles. The van der Waals surface area contributed by atoms with Gasteiger partial charge in [-0.2, -0.15) is 0 Å². The van der Waals surface area contributed by atoms with Crippen LogP contribution < -0.4 is 0 Å². The van der Waals surface area contributed by atoms with Gasteiger partial charge in [0.1, 0.15) is 0 Å². The second-order valence-electron chi connectivity index (χ2n) is 3.97. The Labute approximate surface area is 111 Å². The molecule has 2 rings (SSSR count). The van der Waals surface area contributed by atoms with E-state index in [0.29, 0.717) is 0 Å². The zero-order valence-corrected chi connectivity index (χ0v) is 10.3. The average Bonchev–Trinajstić information content (AvgIpc) is 2.45. The molecule has 0 unspecified atom stereocenters. The Kier molecular flexibility index (Phi) is 4.24. The first kappa shape index (κ1) is 12.8. The number of hydrogen-bond acceptors (Lipinski definition) is 2. The van der Waals surface area contributed by atoms with Crippen molar-refractivity contribution in [2.75, 3.05) is 0 Å². The van der Waals surface area contributed by atoms with E-state index in [-0.39, 0.29) is 0 Å². The summed E-state index contributed by atoms with van der Waals surface area (Å²) >= 11 is 0. The molecule has 3 heteroatoms. The summed E-state index contributed by atoms with van der Waals surface area (Å²) < 4.78 is 0. The third kappa shape index (κ3) is 3.92. The molecule has 0 aliphatic heterocycles. The molecule has 0 aliphatic carbocycles. The molecule has 0 spiro atoms. The van der Waals surface area contributed by atoms with Gasteiger partial charge in [0.2, 0.25) is 6.20 Å². The molecule has 0 amide bonds. The minimum Gasteiger partial charge on any atom is -0.259 e. The summed E-state index contributed by atoms with van der Waals surface area (Å²) in [4.78, 5) is 9.90. The molecule has 0 heterocycles. The van der Waals surface area contributed by atoms with Crippen molar-refractivity contribution in [3.63, 3.8) is 0 Å². The van der Waals surface area contributed by atoms with E-state index >= 15 is 0 Å². The lowest BCUT2D eigenvalue weighted by molar-refractivity contribution is -0.400. The SMILES string of the molecule is O=[N+]([O-])C=Cc1ccccc1C=Cc1ccccc1. The van der Waals surface area contributed by atoms with Crippen molar-refractivity contribution >= 4 is 18.2 Å². The van der Waals surface area contributed by atoms with E-state index in [1.54, 1.807) is 0 Å². The van der Waals surface area contributed by atoms with Crippen LogP contribution in [0.4, 0.5) is 0 Å². The number of benzene rings is 2. The Bertz CT molecular complexity index is 616. The molecule has 0 aromatic heterocycles. The Morgan fingerprint density at radius 3 is 2.00 bits per heavy atom. The molecule has 94 valence electrons. The molecular formula is C16H13NO2. The molecule has 19 heavy (non-hydrogen) atoms. The van der Waals surface area contributed by atoms with Gasteiger partial charge in [-0.25, -0.2) is 0 Å². The number of rotatable bonds is 4. The van der Waals surface area contributed by atoms with Crippen LogP contribution in [0.25, 0.3) is 18.2 Å². The summed E-state index contributed by atoms with van der Waals surface area (Å²) in [6.45, 7) is 0. The molecule has 2 aromatic carbocycles. The van der Waals surface area contributed by atoms with Gasteiger partial charge in [0, 0.05) is 6.08 Å². The van der Waals surface area contributed by atoms with Crippen molar-refractivity contribution in [2.45, 2.75) is 0 Å². The van der Waals surface area contributed by atoms with Crippen LogP contribution in [-0.2, 0) is 0 Å². The normalized spacial score (nSPS) is 11.2. The molecule has 0 saturated carbocycles. The first-order valence-electron chi connectivity index (χ1n) is 5.89. The van der Waals surface area contributed by atoms with E-state index in [9.17, 15) is 10.1 Å². The van der Waals surface area contributed by atoms with Crippen LogP contribution in [0.1, 0.15) is 16.7 Å². The minimum atomic E-state index is -0.461. The maximum atomic E-state index is 10.4. The van der Waals surface area contributed by atoms with Gasteiger partial charge in [0.15, 0.2) is 0 Å². The van der Waals surface area contributed by atoms with Crippen LogP contribution in [0.3, 0.4) is 0 Å². The van der Waals surface area contributed by atoms with E-state index in [4.69, 9.17) is 0 Å². The quantitative estimate of drug-likeness (QED) is 0.466. The van der Waals surface area contributed by atoms with Gasteiger partial charge in [-0.05, 0) is 16.7 Å². The number of hydrogen-bond donors (Lipinski definition) is 0. The fourth-order valence-corrected chi connectivity index (χ4v) is 1.71. The number of nitrogens with zero attached hydrogens (tertiary/aromatic N) is 1. The summed E-state index contributed by atoms with van der Waals surface area (Å²) in [5.41, 5.74) is 2.87. The molecule has 0 aliphatic rings. The van der Waals surface area contributed by atoms with Gasteiger partial charge in [-0.3, -0.25) is 10.1 Å². The third-order valence-electron chi connectivity index (χ3n) is 2.63. The van der Waals surface area contributed by atoms with E-state index < -0.39 is 4.92 Å². The molecule has 0 N–H and O–H groups in total. The predicted molar refractivity (Wildman–Crippen MR) is 77.8 cm³/mol. The zero-order valence-electron chi connectivity index (χ0n) is 10.3. The van der Waals surface area contributed by atoms with Crippen LogP contribution in [0.2, 0.25) is 0 Å². The largest absolute Gasteiger partial charge is 0.259 e. The standard InChI is InChI=1S/C16H13NO2/c18-17(19)13-12-16-9-5-4-8-15(16)11-10-14-6-2-1-3-7-14/h1-13H. The monoisotopic (exact) mass is 251 g/mol. The topological polar surface area (TPSA) is 43.1 Å². The average molecular weight is 251 g/mol. The molecule has 2 aromatic rings. The number of nitro groups is 1. The third-order valence-corrected chi connectivity index (χ3v) is 2.63. The summed E-state index contributed by atoms with van der Waals surface area (Å²) in [5.74, 6) is 0. The maximum Gasteiger partial charge on any atom is 0.235 e. The highest BCUT2D eigenvalue weighted by Gasteiger charge is 1.96. The van der Waals surface area contributed by atoms with Crippen LogP contribution in [0, 0.1) is 10.1 Å². The van der Waals surface area contributed by atoms with Crippen LogP contribution in [0.5, 0.6) is 0 Å². The Morgan fingerprint density at radius 2 is 1.37 bits per heavy atom. The lowest BCUT2D eigenvalue weighted by Gasteiger charge is -1.99. The molecular weight excluding hydrogens is 238 g/mol. The van der Waals surface area contributed by atoms with Crippen molar-refractivity contribution in [1.29, 1.82) is 0 Å². The lowest BCUT2D eigenvalue weighted by Crippen LogP contribution is -1.84. The van der Waals surface area contributed by atoms with Crippen molar-refractivity contribution < 1.29 is 4.92 Å². The van der Waals surface area contributed by atoms with Crippen molar-refractivity contribution in [2.24, 2.45) is 0 Å². The zero-order chi connectivity index (χ0) is 13.5. The first-order valence-corrected chi connectivity index (χ1v) is 5.89. The smallest absolute Gasteiger partial charge is 0.235 e. The van der Waals surface area contributed by atoms with E-state index in [2.05, 4.69) is 0 Å². The highest BCUT2D eigenvalue weighted by Crippen LogP contribution is 2.14. The maximum absolute atomic E-state index is 10.4. The minimum absolute atomic E-state index is 0.461. The van der Waals surface area contributed by atoms with Gasteiger partial charge >= 0.3 is 0 Å².